The summed E-state index contributed by atoms with van der Waals surface area (Å²) in [6.45, 7) is 6.63. The van der Waals surface area contributed by atoms with Crippen molar-refractivity contribution in [3.63, 3.8) is 0 Å². The predicted octanol–water partition coefficient (Wildman–Crippen LogP) is 3.77. The number of nitrogens with one attached hydrogen (secondary N) is 1. The second-order valence-corrected chi connectivity index (χ2v) is 6.81. The van der Waals surface area contributed by atoms with Gasteiger partial charge in [-0.2, -0.15) is 5.10 Å². The van der Waals surface area contributed by atoms with Crippen LogP contribution in [0.5, 0.6) is 0 Å². The number of fused-ring (bicyclic) bond motifs is 2. The lowest BCUT2D eigenvalue weighted by molar-refractivity contribution is 0.251. The van der Waals surface area contributed by atoms with Gasteiger partial charge >= 0.3 is 0 Å². The van der Waals surface area contributed by atoms with E-state index in [1.54, 1.807) is 0 Å². The van der Waals surface area contributed by atoms with Gasteiger partial charge in [-0.25, -0.2) is 0 Å². The third kappa shape index (κ3) is 2.78. The van der Waals surface area contributed by atoms with Gasteiger partial charge in [0.15, 0.2) is 0 Å². The summed E-state index contributed by atoms with van der Waals surface area (Å²) >= 11 is 0. The minimum Gasteiger partial charge on any atom is -0.310 e. The van der Waals surface area contributed by atoms with E-state index in [1.807, 2.05) is 0 Å². The first-order chi connectivity index (χ1) is 9.81. The van der Waals surface area contributed by atoms with E-state index in [4.69, 9.17) is 0 Å². The van der Waals surface area contributed by atoms with E-state index >= 15 is 0 Å². The quantitative estimate of drug-likeness (QED) is 0.821. The fraction of sp³-hybridized carbons (Fsp3) is 0.824. The second-order valence-electron chi connectivity index (χ2n) is 6.81. The SMILES string of the molecule is CCCNC(c1cnn(CCC)c1)C1CC2CCC1C2. The molecule has 2 bridgehead atoms. The van der Waals surface area contributed by atoms with Crippen LogP contribution in [0.2, 0.25) is 0 Å². The van der Waals surface area contributed by atoms with Crippen molar-refractivity contribution in [2.75, 3.05) is 6.54 Å². The molecule has 0 saturated heterocycles. The van der Waals surface area contributed by atoms with Crippen molar-refractivity contribution in [1.82, 2.24) is 15.1 Å². The van der Waals surface area contributed by atoms with Gasteiger partial charge in [0.1, 0.15) is 0 Å². The van der Waals surface area contributed by atoms with Crippen molar-refractivity contribution >= 4 is 0 Å². The number of aryl methyl sites for hydroxylation is 1. The molecule has 112 valence electrons. The molecule has 2 aliphatic carbocycles. The molecule has 0 aromatic carbocycles. The summed E-state index contributed by atoms with van der Waals surface area (Å²) in [5.41, 5.74) is 1.42. The zero-order valence-electron chi connectivity index (χ0n) is 13.0. The summed E-state index contributed by atoms with van der Waals surface area (Å²) in [6, 6.07) is 0.538. The average Bonchev–Trinajstić information content (AvgIpc) is 3.16. The average molecular weight is 275 g/mol. The highest BCUT2D eigenvalue weighted by Gasteiger charge is 2.43. The molecule has 4 unspecified atom stereocenters. The van der Waals surface area contributed by atoms with Crippen LogP contribution in [-0.2, 0) is 6.54 Å². The van der Waals surface area contributed by atoms with Crippen LogP contribution in [0.4, 0.5) is 0 Å². The Kier molecular flexibility index (Phi) is 4.45. The number of hydrogen-bond acceptors (Lipinski definition) is 2. The number of hydrogen-bond donors (Lipinski definition) is 1. The first-order valence-corrected chi connectivity index (χ1v) is 8.57. The number of aromatic nitrogens is 2. The Morgan fingerprint density at radius 3 is 2.85 bits per heavy atom. The molecule has 1 aromatic rings. The summed E-state index contributed by atoms with van der Waals surface area (Å²) < 4.78 is 2.11. The van der Waals surface area contributed by atoms with Gasteiger partial charge in [-0.3, -0.25) is 4.68 Å². The van der Waals surface area contributed by atoms with Crippen LogP contribution < -0.4 is 5.32 Å². The van der Waals surface area contributed by atoms with Gasteiger partial charge in [0, 0.05) is 24.3 Å². The minimum atomic E-state index is 0.538. The van der Waals surface area contributed by atoms with Crippen LogP contribution in [0.1, 0.15) is 64.0 Å². The Balaban J connectivity index is 1.74. The lowest BCUT2D eigenvalue weighted by Crippen LogP contribution is -2.31. The maximum absolute atomic E-state index is 4.55. The number of nitrogens with zero attached hydrogens (tertiary/aromatic N) is 2. The Morgan fingerprint density at radius 1 is 1.30 bits per heavy atom. The summed E-state index contributed by atoms with van der Waals surface area (Å²) in [4.78, 5) is 0. The molecule has 1 aromatic heterocycles. The highest BCUT2D eigenvalue weighted by Crippen LogP contribution is 2.52. The van der Waals surface area contributed by atoms with E-state index in [-0.39, 0.29) is 0 Å². The van der Waals surface area contributed by atoms with Gasteiger partial charge in [0.05, 0.1) is 6.20 Å². The van der Waals surface area contributed by atoms with Crippen LogP contribution in [0.15, 0.2) is 12.4 Å². The Labute approximate surface area is 123 Å². The summed E-state index contributed by atoms with van der Waals surface area (Å²) in [7, 11) is 0. The van der Waals surface area contributed by atoms with Gasteiger partial charge in [-0.1, -0.05) is 20.3 Å². The van der Waals surface area contributed by atoms with Crippen molar-refractivity contribution in [2.45, 2.75) is 65.0 Å². The fourth-order valence-corrected chi connectivity index (χ4v) is 4.41. The van der Waals surface area contributed by atoms with Crippen molar-refractivity contribution in [2.24, 2.45) is 17.8 Å². The van der Waals surface area contributed by atoms with Gasteiger partial charge in [-0.15, -0.1) is 0 Å². The topological polar surface area (TPSA) is 29.9 Å². The first-order valence-electron chi connectivity index (χ1n) is 8.57. The first kappa shape index (κ1) is 14.1. The van der Waals surface area contributed by atoms with Crippen molar-refractivity contribution < 1.29 is 0 Å². The Bertz CT molecular complexity index is 426. The molecule has 2 fully saturated rings. The molecule has 0 amide bonds. The van der Waals surface area contributed by atoms with Crippen LogP contribution in [-0.4, -0.2) is 16.3 Å². The van der Waals surface area contributed by atoms with E-state index < -0.39 is 0 Å². The maximum Gasteiger partial charge on any atom is 0.0537 e. The zero-order valence-corrected chi connectivity index (χ0v) is 13.0. The Hall–Kier alpha value is -0.830. The molecule has 0 radical (unpaired) electrons. The van der Waals surface area contributed by atoms with E-state index in [1.165, 1.54) is 37.7 Å². The van der Waals surface area contributed by atoms with Crippen LogP contribution in [0.25, 0.3) is 0 Å². The fourth-order valence-electron chi connectivity index (χ4n) is 4.41. The van der Waals surface area contributed by atoms with E-state index in [0.717, 1.165) is 37.3 Å². The summed E-state index contributed by atoms with van der Waals surface area (Å²) in [5.74, 6) is 2.82. The molecule has 2 aliphatic rings. The smallest absolute Gasteiger partial charge is 0.0537 e. The molecule has 4 atom stereocenters. The minimum absolute atomic E-state index is 0.538. The normalized spacial score (nSPS) is 30.0. The molecule has 0 aliphatic heterocycles. The molecule has 3 rings (SSSR count). The zero-order chi connectivity index (χ0) is 13.9. The van der Waals surface area contributed by atoms with Gasteiger partial charge in [0.2, 0.25) is 0 Å². The molecule has 1 heterocycles. The standard InChI is InChI=1S/C17H29N3/c1-3-7-18-17(15-11-19-20(12-15)8-4-2)16-10-13-5-6-14(16)9-13/h11-14,16-18H,3-10H2,1-2H3. The van der Waals surface area contributed by atoms with Crippen molar-refractivity contribution in [3.8, 4) is 0 Å². The van der Waals surface area contributed by atoms with Gasteiger partial charge in [0.25, 0.3) is 0 Å². The molecular weight excluding hydrogens is 246 g/mol. The third-order valence-electron chi connectivity index (χ3n) is 5.30. The maximum atomic E-state index is 4.55. The highest BCUT2D eigenvalue weighted by atomic mass is 15.3. The third-order valence-corrected chi connectivity index (χ3v) is 5.30. The predicted molar refractivity (Wildman–Crippen MR) is 82.5 cm³/mol. The Morgan fingerprint density at radius 2 is 2.20 bits per heavy atom. The van der Waals surface area contributed by atoms with Crippen LogP contribution in [0.3, 0.4) is 0 Å². The largest absolute Gasteiger partial charge is 0.310 e. The lowest BCUT2D eigenvalue weighted by Gasteiger charge is -2.30. The molecule has 1 N–H and O–H groups in total. The molecule has 2 saturated carbocycles. The van der Waals surface area contributed by atoms with E-state index in [2.05, 4.69) is 41.3 Å². The van der Waals surface area contributed by atoms with E-state index in [9.17, 15) is 0 Å². The van der Waals surface area contributed by atoms with Crippen LogP contribution >= 0.6 is 0 Å². The van der Waals surface area contributed by atoms with Crippen LogP contribution in [0, 0.1) is 17.8 Å². The summed E-state index contributed by atoms with van der Waals surface area (Å²) in [6.07, 6.45) is 12.6. The monoisotopic (exact) mass is 275 g/mol. The highest BCUT2D eigenvalue weighted by molar-refractivity contribution is 5.14. The van der Waals surface area contributed by atoms with Gasteiger partial charge < -0.3 is 5.32 Å². The van der Waals surface area contributed by atoms with Gasteiger partial charge in [-0.05, 0) is 56.4 Å². The second kappa shape index (κ2) is 6.30. The van der Waals surface area contributed by atoms with Crippen molar-refractivity contribution in [3.05, 3.63) is 18.0 Å². The molecule has 20 heavy (non-hydrogen) atoms. The van der Waals surface area contributed by atoms with Crippen molar-refractivity contribution in [1.29, 1.82) is 0 Å². The lowest BCUT2D eigenvalue weighted by atomic mass is 9.81. The van der Waals surface area contributed by atoms with E-state index in [0.29, 0.717) is 6.04 Å². The summed E-state index contributed by atoms with van der Waals surface area (Å²) in [5, 5.41) is 8.36. The molecule has 3 heteroatoms. The molecular formula is C17H29N3. The molecule has 0 spiro atoms. The number of rotatable bonds is 7. The molecule has 3 nitrogen and oxygen atoms in total.